The van der Waals surface area contributed by atoms with Crippen LogP contribution in [0.3, 0.4) is 0 Å². The first-order valence-electron chi connectivity index (χ1n) is 3.75. The number of hydrogen-bond donors (Lipinski definition) is 0. The molecule has 0 aromatic heterocycles. The number of alkyl halides is 1. The van der Waals surface area contributed by atoms with Crippen molar-refractivity contribution in [1.29, 1.82) is 0 Å². The fourth-order valence-corrected chi connectivity index (χ4v) is 1.29. The Balaban J connectivity index is 4.36. The Labute approximate surface area is 82.5 Å². The second kappa shape index (κ2) is 4.95. The second-order valence-electron chi connectivity index (χ2n) is 3.09. The molecule has 0 aliphatic rings. The van der Waals surface area contributed by atoms with Gasteiger partial charge in [0.25, 0.3) is 0 Å². The van der Waals surface area contributed by atoms with E-state index < -0.39 is 0 Å². The third-order valence-corrected chi connectivity index (χ3v) is 3.56. The highest BCUT2D eigenvalue weighted by atomic mass is 127. The van der Waals surface area contributed by atoms with Gasteiger partial charge >= 0.3 is 0 Å². The summed E-state index contributed by atoms with van der Waals surface area (Å²) in [4.78, 5) is 4.77. The molecule has 0 atom stereocenters. The van der Waals surface area contributed by atoms with Gasteiger partial charge in [-0.2, -0.15) is 0 Å². The van der Waals surface area contributed by atoms with Crippen molar-refractivity contribution in [2.24, 2.45) is 10.6 Å². The standard InChI is InChI=1S/C8H16INO/c1-5-7(10-11-4)8(2,3)6-9/h5-6H2,1-4H3/b10-7+. The Morgan fingerprint density at radius 1 is 1.55 bits per heavy atom. The van der Waals surface area contributed by atoms with Crippen molar-refractivity contribution in [3.63, 3.8) is 0 Å². The molecule has 0 aromatic rings. The summed E-state index contributed by atoms with van der Waals surface area (Å²) in [6.07, 6.45) is 0.962. The highest BCUT2D eigenvalue weighted by molar-refractivity contribution is 14.1. The Bertz CT molecular complexity index is 143. The van der Waals surface area contributed by atoms with Crippen LogP contribution < -0.4 is 0 Å². The first kappa shape index (κ1) is 11.2. The van der Waals surface area contributed by atoms with Gasteiger partial charge in [-0.3, -0.25) is 0 Å². The summed E-state index contributed by atoms with van der Waals surface area (Å²) < 4.78 is 1.07. The van der Waals surface area contributed by atoms with E-state index in [2.05, 4.69) is 48.5 Å². The van der Waals surface area contributed by atoms with Gasteiger partial charge in [-0.15, -0.1) is 0 Å². The smallest absolute Gasteiger partial charge is 0.106 e. The summed E-state index contributed by atoms with van der Waals surface area (Å²) in [5.41, 5.74) is 1.31. The molecule has 11 heavy (non-hydrogen) atoms. The van der Waals surface area contributed by atoms with E-state index in [1.54, 1.807) is 7.11 Å². The topological polar surface area (TPSA) is 21.6 Å². The SMILES string of the molecule is CC/C(=N\OC)C(C)(C)CI. The number of hydrogen-bond acceptors (Lipinski definition) is 2. The molecule has 0 bridgehead atoms. The third-order valence-electron chi connectivity index (χ3n) is 1.65. The Morgan fingerprint density at radius 2 is 2.09 bits per heavy atom. The lowest BCUT2D eigenvalue weighted by atomic mass is 9.88. The van der Waals surface area contributed by atoms with E-state index in [9.17, 15) is 0 Å². The van der Waals surface area contributed by atoms with Crippen LogP contribution in [0, 0.1) is 5.41 Å². The number of oxime groups is 1. The van der Waals surface area contributed by atoms with Gasteiger partial charge in [0.1, 0.15) is 7.11 Å². The van der Waals surface area contributed by atoms with Gasteiger partial charge in [0.15, 0.2) is 0 Å². The van der Waals surface area contributed by atoms with Gasteiger partial charge in [-0.1, -0.05) is 48.5 Å². The zero-order valence-electron chi connectivity index (χ0n) is 7.65. The zero-order chi connectivity index (χ0) is 8.91. The molecule has 0 N–H and O–H groups in total. The minimum absolute atomic E-state index is 0.172. The first-order chi connectivity index (χ1) is 5.08. The molecule has 0 amide bonds. The summed E-state index contributed by atoms with van der Waals surface area (Å²) in [6, 6.07) is 0. The highest BCUT2D eigenvalue weighted by Crippen LogP contribution is 2.22. The molecule has 0 saturated carbocycles. The van der Waals surface area contributed by atoms with E-state index in [1.807, 2.05) is 0 Å². The maximum Gasteiger partial charge on any atom is 0.106 e. The third kappa shape index (κ3) is 3.40. The molecule has 0 fully saturated rings. The predicted octanol–water partition coefficient (Wildman–Crippen LogP) is 2.86. The number of rotatable bonds is 4. The van der Waals surface area contributed by atoms with Crippen molar-refractivity contribution >= 4 is 28.3 Å². The van der Waals surface area contributed by atoms with Gasteiger partial charge in [-0.25, -0.2) is 0 Å². The summed E-state index contributed by atoms with van der Waals surface area (Å²) >= 11 is 2.37. The van der Waals surface area contributed by atoms with Crippen molar-refractivity contribution in [2.75, 3.05) is 11.5 Å². The highest BCUT2D eigenvalue weighted by Gasteiger charge is 2.22. The van der Waals surface area contributed by atoms with Crippen molar-refractivity contribution in [2.45, 2.75) is 27.2 Å². The van der Waals surface area contributed by atoms with Crippen molar-refractivity contribution in [3.8, 4) is 0 Å². The molecule has 0 spiro atoms. The van der Waals surface area contributed by atoms with E-state index in [-0.39, 0.29) is 5.41 Å². The first-order valence-corrected chi connectivity index (χ1v) is 5.27. The van der Waals surface area contributed by atoms with Crippen LogP contribution in [-0.2, 0) is 4.84 Å². The van der Waals surface area contributed by atoms with Gasteiger partial charge in [0.2, 0.25) is 0 Å². The summed E-state index contributed by atoms with van der Waals surface area (Å²) in [7, 11) is 1.60. The van der Waals surface area contributed by atoms with Gasteiger partial charge < -0.3 is 4.84 Å². The fraction of sp³-hybridized carbons (Fsp3) is 0.875. The van der Waals surface area contributed by atoms with Crippen LogP contribution in [0.25, 0.3) is 0 Å². The molecule has 0 saturated heterocycles. The maximum atomic E-state index is 4.77. The molecule has 0 rings (SSSR count). The lowest BCUT2D eigenvalue weighted by Gasteiger charge is -2.22. The van der Waals surface area contributed by atoms with Crippen LogP contribution in [0.5, 0.6) is 0 Å². The van der Waals surface area contributed by atoms with E-state index in [4.69, 9.17) is 4.84 Å². The van der Waals surface area contributed by atoms with Crippen molar-refractivity contribution < 1.29 is 4.84 Å². The summed E-state index contributed by atoms with van der Waals surface area (Å²) in [5, 5.41) is 4.00. The average Bonchev–Trinajstić information content (AvgIpc) is 2.00. The van der Waals surface area contributed by atoms with E-state index in [0.29, 0.717) is 0 Å². The summed E-state index contributed by atoms with van der Waals surface area (Å²) in [5.74, 6) is 0. The van der Waals surface area contributed by atoms with E-state index in [1.165, 1.54) is 0 Å². The Kier molecular flexibility index (Phi) is 5.04. The maximum absolute atomic E-state index is 4.77. The van der Waals surface area contributed by atoms with Gasteiger partial charge in [0, 0.05) is 9.84 Å². The Hall–Kier alpha value is 0.200. The van der Waals surface area contributed by atoms with E-state index in [0.717, 1.165) is 16.6 Å². The molecule has 0 aliphatic carbocycles. The zero-order valence-corrected chi connectivity index (χ0v) is 9.81. The molecule has 0 aliphatic heterocycles. The van der Waals surface area contributed by atoms with Crippen LogP contribution in [0.1, 0.15) is 27.2 Å². The molecule has 66 valence electrons. The molecular weight excluding hydrogens is 253 g/mol. The number of nitrogens with zero attached hydrogens (tertiary/aromatic N) is 1. The molecule has 0 aromatic carbocycles. The normalized spacial score (nSPS) is 13.4. The van der Waals surface area contributed by atoms with Crippen LogP contribution in [-0.4, -0.2) is 17.2 Å². The van der Waals surface area contributed by atoms with E-state index >= 15 is 0 Å². The van der Waals surface area contributed by atoms with Gasteiger partial charge in [-0.05, 0) is 6.42 Å². The Morgan fingerprint density at radius 3 is 2.36 bits per heavy atom. The number of halogens is 1. The molecule has 2 nitrogen and oxygen atoms in total. The van der Waals surface area contributed by atoms with Crippen LogP contribution in [0.4, 0.5) is 0 Å². The fourth-order valence-electron chi connectivity index (χ4n) is 0.854. The van der Waals surface area contributed by atoms with Crippen LogP contribution in [0.2, 0.25) is 0 Å². The predicted molar refractivity (Wildman–Crippen MR) is 57.4 cm³/mol. The van der Waals surface area contributed by atoms with Crippen LogP contribution >= 0.6 is 22.6 Å². The quantitative estimate of drug-likeness (QED) is 0.333. The van der Waals surface area contributed by atoms with Crippen molar-refractivity contribution in [3.05, 3.63) is 0 Å². The van der Waals surface area contributed by atoms with Gasteiger partial charge in [0.05, 0.1) is 5.71 Å². The second-order valence-corrected chi connectivity index (χ2v) is 3.85. The lowest BCUT2D eigenvalue weighted by molar-refractivity contribution is 0.208. The minimum Gasteiger partial charge on any atom is -0.399 e. The molecule has 0 unspecified atom stereocenters. The molecular formula is C8H16INO. The molecule has 0 radical (unpaired) electrons. The molecule has 3 heteroatoms. The van der Waals surface area contributed by atoms with Crippen LogP contribution in [0.15, 0.2) is 5.16 Å². The van der Waals surface area contributed by atoms with Crippen molar-refractivity contribution in [1.82, 2.24) is 0 Å². The molecule has 0 heterocycles. The minimum atomic E-state index is 0.172. The summed E-state index contributed by atoms with van der Waals surface area (Å²) in [6.45, 7) is 6.47. The lowest BCUT2D eigenvalue weighted by Crippen LogP contribution is -2.25. The largest absolute Gasteiger partial charge is 0.399 e. The monoisotopic (exact) mass is 269 g/mol. The average molecular weight is 269 g/mol.